The molecule has 0 unspecified atom stereocenters. The second-order valence-electron chi connectivity index (χ2n) is 8.08. The zero-order valence-corrected chi connectivity index (χ0v) is 16.8. The van der Waals surface area contributed by atoms with Crippen LogP contribution in [0.1, 0.15) is 45.4 Å². The van der Waals surface area contributed by atoms with Gasteiger partial charge in [-0.05, 0) is 70.0 Å². The fourth-order valence-electron chi connectivity index (χ4n) is 4.88. The number of carbonyl (C=O) groups is 2. The Morgan fingerprint density at radius 2 is 1.61 bits per heavy atom. The van der Waals surface area contributed by atoms with Crippen molar-refractivity contribution in [2.45, 2.75) is 57.5 Å². The third-order valence-electron chi connectivity index (χ3n) is 6.38. The Balaban J connectivity index is 1.37. The number of anilines is 1. The molecule has 0 aliphatic carbocycles. The van der Waals surface area contributed by atoms with Crippen molar-refractivity contribution in [3.8, 4) is 5.75 Å². The van der Waals surface area contributed by atoms with Crippen LogP contribution < -0.4 is 9.64 Å². The van der Waals surface area contributed by atoms with Gasteiger partial charge in [-0.1, -0.05) is 6.42 Å². The van der Waals surface area contributed by atoms with Crippen molar-refractivity contribution in [1.82, 2.24) is 9.80 Å². The van der Waals surface area contributed by atoms with E-state index in [-0.39, 0.29) is 17.9 Å². The van der Waals surface area contributed by atoms with Crippen molar-refractivity contribution >= 4 is 17.5 Å². The average molecular weight is 386 g/mol. The molecule has 3 aliphatic heterocycles. The number of imide groups is 1. The van der Waals surface area contributed by atoms with E-state index in [1.54, 1.807) is 12.1 Å². The van der Waals surface area contributed by atoms with E-state index < -0.39 is 0 Å². The summed E-state index contributed by atoms with van der Waals surface area (Å²) in [6.45, 7) is 6.77. The Bertz CT molecular complexity index is 691. The van der Waals surface area contributed by atoms with E-state index in [0.29, 0.717) is 24.8 Å². The summed E-state index contributed by atoms with van der Waals surface area (Å²) in [5.74, 6) is 0.574. The number of nitrogens with zero attached hydrogens (tertiary/aromatic N) is 3. The number of benzene rings is 1. The molecule has 0 spiro atoms. The van der Waals surface area contributed by atoms with E-state index in [2.05, 4.69) is 9.80 Å². The number of likely N-dealkylation sites (tertiary alicyclic amines) is 2. The van der Waals surface area contributed by atoms with Crippen LogP contribution in [0.5, 0.6) is 5.75 Å². The molecule has 0 N–H and O–H groups in total. The Hall–Kier alpha value is -1.92. The zero-order chi connectivity index (χ0) is 19.5. The molecule has 2 amide bonds. The Morgan fingerprint density at radius 1 is 0.929 bits per heavy atom. The molecule has 6 nitrogen and oxygen atoms in total. The summed E-state index contributed by atoms with van der Waals surface area (Å²) in [4.78, 5) is 31.9. The molecule has 0 saturated carbocycles. The molecule has 152 valence electrons. The first-order chi connectivity index (χ1) is 13.7. The van der Waals surface area contributed by atoms with Gasteiger partial charge in [0.1, 0.15) is 5.75 Å². The van der Waals surface area contributed by atoms with Crippen molar-refractivity contribution in [2.24, 2.45) is 0 Å². The normalized spacial score (nSPS) is 25.5. The molecule has 3 fully saturated rings. The van der Waals surface area contributed by atoms with Crippen LogP contribution in [-0.4, -0.2) is 66.5 Å². The molecular weight excluding hydrogens is 354 g/mol. The van der Waals surface area contributed by atoms with E-state index in [1.165, 1.54) is 37.3 Å². The van der Waals surface area contributed by atoms with Crippen LogP contribution in [0, 0.1) is 0 Å². The van der Waals surface area contributed by atoms with Gasteiger partial charge in [0.05, 0.1) is 24.8 Å². The molecule has 0 radical (unpaired) electrons. The fraction of sp³-hybridized carbons (Fsp3) is 0.636. The standard InChI is InChI=1S/C22H31N3O3/c1-2-28-19-8-6-18(7-9-19)25-21(26)16-20(22(25)27)24-14-10-17(11-15-24)23-12-4-3-5-13-23/h6-9,17,20H,2-5,10-16H2,1H3/t20-/m1/s1. The van der Waals surface area contributed by atoms with Gasteiger partial charge in [0, 0.05) is 19.1 Å². The van der Waals surface area contributed by atoms with Crippen molar-refractivity contribution in [3.05, 3.63) is 24.3 Å². The Morgan fingerprint density at radius 3 is 2.25 bits per heavy atom. The molecule has 3 aliphatic rings. The number of carbonyl (C=O) groups excluding carboxylic acids is 2. The maximum atomic E-state index is 13.0. The lowest BCUT2D eigenvalue weighted by Crippen LogP contribution is -2.51. The zero-order valence-electron chi connectivity index (χ0n) is 16.8. The third kappa shape index (κ3) is 3.94. The lowest BCUT2D eigenvalue weighted by Gasteiger charge is -2.41. The highest BCUT2D eigenvalue weighted by molar-refractivity contribution is 6.22. The van der Waals surface area contributed by atoms with E-state index >= 15 is 0 Å². The van der Waals surface area contributed by atoms with E-state index in [9.17, 15) is 9.59 Å². The minimum absolute atomic E-state index is 0.0782. The minimum atomic E-state index is -0.304. The van der Waals surface area contributed by atoms with Crippen LogP contribution in [0.4, 0.5) is 5.69 Å². The summed E-state index contributed by atoms with van der Waals surface area (Å²) < 4.78 is 5.45. The minimum Gasteiger partial charge on any atom is -0.494 e. The maximum Gasteiger partial charge on any atom is 0.251 e. The van der Waals surface area contributed by atoms with Crippen LogP contribution in [0.25, 0.3) is 0 Å². The van der Waals surface area contributed by atoms with Gasteiger partial charge in [0.15, 0.2) is 0 Å². The first kappa shape index (κ1) is 19.4. The molecule has 28 heavy (non-hydrogen) atoms. The van der Waals surface area contributed by atoms with Crippen LogP contribution in [0.15, 0.2) is 24.3 Å². The summed E-state index contributed by atoms with van der Waals surface area (Å²) in [7, 11) is 0. The van der Waals surface area contributed by atoms with E-state index in [1.807, 2.05) is 19.1 Å². The molecular formula is C22H31N3O3. The number of ether oxygens (including phenoxy) is 1. The molecule has 0 aromatic heterocycles. The highest BCUT2D eigenvalue weighted by atomic mass is 16.5. The first-order valence-corrected chi connectivity index (χ1v) is 10.7. The lowest BCUT2D eigenvalue weighted by molar-refractivity contribution is -0.123. The van der Waals surface area contributed by atoms with Crippen LogP contribution in [0.2, 0.25) is 0 Å². The SMILES string of the molecule is CCOc1ccc(N2C(=O)C[C@@H](N3CCC(N4CCCCC4)CC3)C2=O)cc1. The monoisotopic (exact) mass is 385 g/mol. The molecule has 1 aromatic carbocycles. The lowest BCUT2D eigenvalue weighted by atomic mass is 9.98. The molecule has 6 heteroatoms. The molecule has 1 atom stereocenters. The number of hydrogen-bond acceptors (Lipinski definition) is 5. The van der Waals surface area contributed by atoms with Gasteiger partial charge in [0.25, 0.3) is 5.91 Å². The van der Waals surface area contributed by atoms with Crippen molar-refractivity contribution < 1.29 is 14.3 Å². The van der Waals surface area contributed by atoms with Gasteiger partial charge in [-0.15, -0.1) is 0 Å². The predicted molar refractivity (Wildman–Crippen MR) is 109 cm³/mol. The summed E-state index contributed by atoms with van der Waals surface area (Å²) >= 11 is 0. The average Bonchev–Trinajstić information content (AvgIpc) is 3.04. The molecule has 0 bridgehead atoms. The van der Waals surface area contributed by atoms with Gasteiger partial charge in [-0.2, -0.15) is 0 Å². The highest BCUT2D eigenvalue weighted by Crippen LogP contribution is 2.30. The van der Waals surface area contributed by atoms with Crippen molar-refractivity contribution in [2.75, 3.05) is 37.7 Å². The van der Waals surface area contributed by atoms with Gasteiger partial charge >= 0.3 is 0 Å². The van der Waals surface area contributed by atoms with Crippen LogP contribution in [-0.2, 0) is 9.59 Å². The van der Waals surface area contributed by atoms with Crippen molar-refractivity contribution in [3.63, 3.8) is 0 Å². The van der Waals surface area contributed by atoms with Gasteiger partial charge in [0.2, 0.25) is 5.91 Å². The number of hydrogen-bond donors (Lipinski definition) is 0. The van der Waals surface area contributed by atoms with Crippen LogP contribution in [0.3, 0.4) is 0 Å². The van der Waals surface area contributed by atoms with Gasteiger partial charge < -0.3 is 9.64 Å². The topological polar surface area (TPSA) is 53.1 Å². The largest absolute Gasteiger partial charge is 0.494 e. The molecule has 3 saturated heterocycles. The predicted octanol–water partition coefficient (Wildman–Crippen LogP) is 2.67. The summed E-state index contributed by atoms with van der Waals surface area (Å²) in [6, 6.07) is 7.57. The van der Waals surface area contributed by atoms with Crippen molar-refractivity contribution in [1.29, 1.82) is 0 Å². The Kier molecular flexibility index (Phi) is 5.97. The quantitative estimate of drug-likeness (QED) is 0.730. The molecule has 3 heterocycles. The second kappa shape index (κ2) is 8.62. The molecule has 1 aromatic rings. The fourth-order valence-corrected chi connectivity index (χ4v) is 4.88. The molecule has 4 rings (SSSR count). The second-order valence-corrected chi connectivity index (χ2v) is 8.08. The van der Waals surface area contributed by atoms with Gasteiger partial charge in [-0.25, -0.2) is 4.90 Å². The number of rotatable bonds is 5. The van der Waals surface area contributed by atoms with E-state index in [0.717, 1.165) is 31.7 Å². The van der Waals surface area contributed by atoms with Gasteiger partial charge in [-0.3, -0.25) is 14.5 Å². The highest BCUT2D eigenvalue weighted by Gasteiger charge is 2.43. The number of piperidine rings is 2. The summed E-state index contributed by atoms with van der Waals surface area (Å²) in [6.07, 6.45) is 6.47. The van der Waals surface area contributed by atoms with Crippen LogP contribution >= 0.6 is 0 Å². The third-order valence-corrected chi connectivity index (χ3v) is 6.38. The Labute approximate surface area is 167 Å². The number of amides is 2. The summed E-state index contributed by atoms with van der Waals surface area (Å²) in [5.41, 5.74) is 0.643. The summed E-state index contributed by atoms with van der Waals surface area (Å²) in [5, 5.41) is 0. The maximum absolute atomic E-state index is 13.0. The smallest absolute Gasteiger partial charge is 0.251 e. The van der Waals surface area contributed by atoms with E-state index in [4.69, 9.17) is 4.74 Å². The first-order valence-electron chi connectivity index (χ1n) is 10.7.